The number of amides is 1. The van der Waals surface area contributed by atoms with Crippen LogP contribution in [0.5, 0.6) is 5.75 Å². The van der Waals surface area contributed by atoms with E-state index < -0.39 is 5.97 Å². The Labute approximate surface area is 189 Å². The van der Waals surface area contributed by atoms with Gasteiger partial charge in [-0.05, 0) is 67.9 Å². The summed E-state index contributed by atoms with van der Waals surface area (Å²) in [6.45, 7) is 7.43. The van der Waals surface area contributed by atoms with Crippen molar-refractivity contribution in [3.05, 3.63) is 81.1 Å². The van der Waals surface area contributed by atoms with Gasteiger partial charge >= 0.3 is 5.97 Å². The summed E-state index contributed by atoms with van der Waals surface area (Å²) in [5.41, 5.74) is 6.77. The van der Waals surface area contributed by atoms with Crippen molar-refractivity contribution in [1.82, 2.24) is 15.2 Å². The van der Waals surface area contributed by atoms with Crippen LogP contribution >= 0.6 is 15.9 Å². The number of hydrogen-bond donors (Lipinski definition) is 1. The molecule has 0 fully saturated rings. The lowest BCUT2D eigenvalue weighted by molar-refractivity contribution is -0.121. The lowest BCUT2D eigenvalue weighted by atomic mass is 10.1. The molecular weight excluding hydrogens is 460 g/mol. The highest BCUT2D eigenvalue weighted by molar-refractivity contribution is 9.10. The highest BCUT2D eigenvalue weighted by Gasteiger charge is 2.14. The van der Waals surface area contributed by atoms with E-state index in [1.807, 2.05) is 32.9 Å². The fourth-order valence-corrected chi connectivity index (χ4v) is 3.28. The third-order valence-corrected chi connectivity index (χ3v) is 5.82. The average molecular weight is 483 g/mol. The van der Waals surface area contributed by atoms with Crippen LogP contribution in [0.3, 0.4) is 0 Å². The van der Waals surface area contributed by atoms with Gasteiger partial charge in [-0.25, -0.2) is 10.2 Å². The van der Waals surface area contributed by atoms with E-state index in [9.17, 15) is 9.59 Å². The Morgan fingerprint density at radius 2 is 1.87 bits per heavy atom. The number of halogens is 1. The van der Waals surface area contributed by atoms with Crippen LogP contribution < -0.4 is 10.2 Å². The number of benzene rings is 2. The largest absolute Gasteiger partial charge is 0.422 e. The van der Waals surface area contributed by atoms with Gasteiger partial charge in [-0.15, -0.1) is 0 Å². The number of hydrazone groups is 1. The second kappa shape index (κ2) is 9.70. The number of aryl methyl sites for hydroxylation is 2. The first kappa shape index (κ1) is 22.4. The smallest absolute Gasteiger partial charge is 0.343 e. The van der Waals surface area contributed by atoms with Crippen LogP contribution in [0.4, 0.5) is 0 Å². The van der Waals surface area contributed by atoms with Gasteiger partial charge in [0.2, 0.25) is 0 Å². The number of nitrogens with one attached hydrogen (secondary N) is 1. The van der Waals surface area contributed by atoms with Crippen molar-refractivity contribution in [2.75, 3.05) is 0 Å². The molecule has 3 rings (SSSR count). The van der Waals surface area contributed by atoms with Crippen molar-refractivity contribution in [2.24, 2.45) is 5.10 Å². The molecule has 0 unspecified atom stereocenters. The van der Waals surface area contributed by atoms with Gasteiger partial charge in [0.25, 0.3) is 5.91 Å². The summed E-state index contributed by atoms with van der Waals surface area (Å²) < 4.78 is 8.08. The normalized spacial score (nSPS) is 11.3. The lowest BCUT2D eigenvalue weighted by Crippen LogP contribution is -2.25. The minimum atomic E-state index is -0.455. The number of esters is 1. The Bertz CT molecular complexity index is 1170. The molecule has 7 nitrogen and oxygen atoms in total. The quantitative estimate of drug-likeness (QED) is 0.245. The summed E-state index contributed by atoms with van der Waals surface area (Å²) >= 11 is 3.45. The fraction of sp³-hybridized carbons (Fsp3) is 0.217. The number of hydrogen-bond acceptors (Lipinski definition) is 5. The number of carbonyl (C=O) groups is 2. The molecule has 1 aromatic heterocycles. The summed E-state index contributed by atoms with van der Waals surface area (Å²) in [6, 6.07) is 14.2. The highest BCUT2D eigenvalue weighted by Crippen LogP contribution is 2.21. The van der Waals surface area contributed by atoms with Crippen LogP contribution in [-0.2, 0) is 11.3 Å². The Balaban J connectivity index is 1.72. The number of ether oxygens (including phenoxy) is 1. The van der Waals surface area contributed by atoms with Gasteiger partial charge in [-0.1, -0.05) is 29.8 Å². The molecular formula is C23H23BrN4O3. The van der Waals surface area contributed by atoms with Crippen LogP contribution in [0, 0.1) is 20.8 Å². The molecule has 1 N–H and O–H groups in total. The van der Waals surface area contributed by atoms with E-state index in [2.05, 4.69) is 31.6 Å². The molecule has 1 amide bonds. The third kappa shape index (κ3) is 5.46. The zero-order chi connectivity index (χ0) is 22.5. The highest BCUT2D eigenvalue weighted by atomic mass is 79.9. The Hall–Kier alpha value is -3.26. The van der Waals surface area contributed by atoms with E-state index >= 15 is 0 Å². The van der Waals surface area contributed by atoms with E-state index in [1.165, 1.54) is 0 Å². The van der Waals surface area contributed by atoms with E-state index in [0.717, 1.165) is 21.4 Å². The first-order chi connectivity index (χ1) is 14.8. The van der Waals surface area contributed by atoms with Gasteiger partial charge in [0.15, 0.2) is 0 Å². The Morgan fingerprint density at radius 3 is 2.55 bits per heavy atom. The predicted octanol–water partition coefficient (Wildman–Crippen LogP) is 4.33. The lowest BCUT2D eigenvalue weighted by Gasteiger charge is -2.10. The predicted molar refractivity (Wildman–Crippen MR) is 122 cm³/mol. The molecule has 160 valence electrons. The van der Waals surface area contributed by atoms with Crippen molar-refractivity contribution in [3.63, 3.8) is 0 Å². The second-order valence-corrected chi connectivity index (χ2v) is 7.92. The Kier molecular flexibility index (Phi) is 7.02. The molecule has 0 spiro atoms. The van der Waals surface area contributed by atoms with Gasteiger partial charge in [0.1, 0.15) is 12.3 Å². The molecule has 8 heteroatoms. The van der Waals surface area contributed by atoms with Gasteiger partial charge in [0.05, 0.1) is 27.1 Å². The number of carbonyl (C=O) groups excluding carboxylic acids is 2. The number of rotatable bonds is 6. The molecule has 3 aromatic rings. The molecule has 0 aliphatic rings. The zero-order valence-electron chi connectivity index (χ0n) is 17.8. The maximum Gasteiger partial charge on any atom is 0.343 e. The number of para-hydroxylation sites is 1. The maximum absolute atomic E-state index is 12.5. The van der Waals surface area contributed by atoms with E-state index in [-0.39, 0.29) is 12.5 Å². The first-order valence-corrected chi connectivity index (χ1v) is 10.5. The molecule has 0 saturated carbocycles. The molecule has 1 heterocycles. The number of nitrogens with zero attached hydrogens (tertiary/aromatic N) is 3. The van der Waals surface area contributed by atoms with Gasteiger partial charge in [-0.3, -0.25) is 9.48 Å². The van der Waals surface area contributed by atoms with Crippen LogP contribution in [0.2, 0.25) is 0 Å². The van der Waals surface area contributed by atoms with Crippen molar-refractivity contribution in [1.29, 1.82) is 0 Å². The van der Waals surface area contributed by atoms with Crippen molar-refractivity contribution >= 4 is 33.5 Å². The fourth-order valence-electron chi connectivity index (χ4n) is 2.99. The zero-order valence-corrected chi connectivity index (χ0v) is 19.4. The molecule has 0 saturated heterocycles. The van der Waals surface area contributed by atoms with Gasteiger partial charge in [0, 0.05) is 5.56 Å². The van der Waals surface area contributed by atoms with Crippen molar-refractivity contribution in [3.8, 4) is 5.75 Å². The summed E-state index contributed by atoms with van der Waals surface area (Å²) in [6.07, 6.45) is 0. The van der Waals surface area contributed by atoms with E-state index in [1.54, 1.807) is 48.0 Å². The maximum atomic E-state index is 12.5. The molecule has 0 bridgehead atoms. The topological polar surface area (TPSA) is 85.6 Å². The summed E-state index contributed by atoms with van der Waals surface area (Å²) in [7, 11) is 0. The van der Waals surface area contributed by atoms with Crippen LogP contribution in [0.25, 0.3) is 0 Å². The van der Waals surface area contributed by atoms with E-state index in [4.69, 9.17) is 4.74 Å². The monoisotopic (exact) mass is 482 g/mol. The van der Waals surface area contributed by atoms with Gasteiger partial charge < -0.3 is 4.74 Å². The summed E-state index contributed by atoms with van der Waals surface area (Å²) in [4.78, 5) is 24.8. The van der Waals surface area contributed by atoms with Crippen LogP contribution in [0.1, 0.15) is 39.8 Å². The second-order valence-electron chi connectivity index (χ2n) is 7.13. The van der Waals surface area contributed by atoms with Crippen molar-refractivity contribution < 1.29 is 14.3 Å². The van der Waals surface area contributed by atoms with Crippen molar-refractivity contribution in [2.45, 2.75) is 34.2 Å². The minimum Gasteiger partial charge on any atom is -0.422 e. The van der Waals surface area contributed by atoms with Gasteiger partial charge in [-0.2, -0.15) is 10.2 Å². The molecule has 0 aliphatic heterocycles. The third-order valence-electron chi connectivity index (χ3n) is 4.67. The average Bonchev–Trinajstić information content (AvgIpc) is 2.99. The van der Waals surface area contributed by atoms with Crippen LogP contribution in [0.15, 0.2) is 58.1 Å². The molecule has 0 atom stereocenters. The first-order valence-electron chi connectivity index (χ1n) is 9.67. The van der Waals surface area contributed by atoms with Crippen LogP contribution in [-0.4, -0.2) is 27.4 Å². The molecule has 31 heavy (non-hydrogen) atoms. The van der Waals surface area contributed by atoms with E-state index in [0.29, 0.717) is 22.6 Å². The molecule has 0 aliphatic carbocycles. The standard InChI is InChI=1S/C23H23BrN4O3/c1-14-8-7-9-18(12-14)23(30)31-20-11-6-5-10-19(20)15(2)25-26-21(29)13-28-17(4)22(24)16(3)27-28/h5-12H,13H2,1-4H3,(H,26,29)/b25-15+. The summed E-state index contributed by atoms with van der Waals surface area (Å²) in [5.74, 6) is -0.401. The molecule has 2 aromatic carbocycles. The SMILES string of the molecule is C/C(=N\NC(=O)Cn1nc(C)c(Br)c1C)c1ccccc1OC(=O)c1cccc(C)c1. The Morgan fingerprint density at radius 1 is 1.13 bits per heavy atom. The minimum absolute atomic E-state index is 0.0407. The molecule has 0 radical (unpaired) electrons. The summed E-state index contributed by atoms with van der Waals surface area (Å²) in [5, 5.41) is 8.50. The number of aromatic nitrogens is 2.